The largest absolute Gasteiger partial charge is 0.381 e. The predicted molar refractivity (Wildman–Crippen MR) is 62.6 cm³/mol. The van der Waals surface area contributed by atoms with Gasteiger partial charge in [-0.3, -0.25) is 4.79 Å². The highest BCUT2D eigenvalue weighted by Gasteiger charge is 2.15. The maximum atomic E-state index is 11.4. The highest BCUT2D eigenvalue weighted by Crippen LogP contribution is 2.26. The SMILES string of the molecule is NCC(=O)c1ccc(C2CCOCC2)cc1. The number of carbonyl (C=O) groups is 1. The number of Topliss-reactive ketones (excluding diaryl/α,β-unsaturated/α-hetero) is 1. The van der Waals surface area contributed by atoms with Gasteiger partial charge in [-0.1, -0.05) is 24.3 Å². The topological polar surface area (TPSA) is 52.3 Å². The molecule has 1 saturated heterocycles. The summed E-state index contributed by atoms with van der Waals surface area (Å²) < 4.78 is 5.33. The van der Waals surface area contributed by atoms with Crippen molar-refractivity contribution in [3.05, 3.63) is 35.4 Å². The van der Waals surface area contributed by atoms with Crippen LogP contribution in [0.5, 0.6) is 0 Å². The van der Waals surface area contributed by atoms with Crippen molar-refractivity contribution in [1.82, 2.24) is 0 Å². The first-order valence-corrected chi connectivity index (χ1v) is 5.72. The van der Waals surface area contributed by atoms with Gasteiger partial charge in [-0.15, -0.1) is 0 Å². The second-order valence-electron chi connectivity index (χ2n) is 4.14. The van der Waals surface area contributed by atoms with Crippen LogP contribution in [-0.2, 0) is 4.74 Å². The Balaban J connectivity index is 2.09. The van der Waals surface area contributed by atoms with E-state index in [4.69, 9.17) is 10.5 Å². The Morgan fingerprint density at radius 2 is 1.88 bits per heavy atom. The van der Waals surface area contributed by atoms with E-state index in [2.05, 4.69) is 0 Å². The van der Waals surface area contributed by atoms with E-state index in [1.807, 2.05) is 24.3 Å². The van der Waals surface area contributed by atoms with Crippen LogP contribution >= 0.6 is 0 Å². The molecular formula is C13H17NO2. The molecule has 0 bridgehead atoms. The fourth-order valence-corrected chi connectivity index (χ4v) is 2.09. The minimum atomic E-state index is -0.00136. The molecule has 0 amide bonds. The highest BCUT2D eigenvalue weighted by atomic mass is 16.5. The summed E-state index contributed by atoms with van der Waals surface area (Å²) in [6.45, 7) is 1.76. The number of nitrogens with two attached hydrogens (primary N) is 1. The molecule has 0 radical (unpaired) electrons. The van der Waals surface area contributed by atoms with Gasteiger partial charge in [0.15, 0.2) is 5.78 Å². The summed E-state index contributed by atoms with van der Waals surface area (Å²) in [5.41, 5.74) is 7.33. The molecule has 2 rings (SSSR count). The number of ether oxygens (including phenoxy) is 1. The molecular weight excluding hydrogens is 202 g/mol. The Labute approximate surface area is 95.6 Å². The lowest BCUT2D eigenvalue weighted by Crippen LogP contribution is -2.15. The van der Waals surface area contributed by atoms with Crippen LogP contribution < -0.4 is 5.73 Å². The van der Waals surface area contributed by atoms with Crippen LogP contribution in [0.1, 0.15) is 34.7 Å². The van der Waals surface area contributed by atoms with Crippen molar-refractivity contribution in [2.24, 2.45) is 5.73 Å². The number of carbonyl (C=O) groups excluding carboxylic acids is 1. The Morgan fingerprint density at radius 3 is 2.44 bits per heavy atom. The molecule has 0 aromatic heterocycles. The maximum absolute atomic E-state index is 11.4. The average Bonchev–Trinajstić information content (AvgIpc) is 2.39. The van der Waals surface area contributed by atoms with Crippen LogP contribution in [0.2, 0.25) is 0 Å². The summed E-state index contributed by atoms with van der Waals surface area (Å²) in [7, 11) is 0. The van der Waals surface area contributed by atoms with Gasteiger partial charge in [-0.05, 0) is 24.3 Å². The minimum absolute atomic E-state index is 0.00136. The second-order valence-corrected chi connectivity index (χ2v) is 4.14. The molecule has 1 fully saturated rings. The predicted octanol–water partition coefficient (Wildman–Crippen LogP) is 1.72. The monoisotopic (exact) mass is 219 g/mol. The summed E-state index contributed by atoms with van der Waals surface area (Å²) >= 11 is 0. The van der Waals surface area contributed by atoms with E-state index in [9.17, 15) is 4.79 Å². The van der Waals surface area contributed by atoms with Crippen molar-refractivity contribution < 1.29 is 9.53 Å². The van der Waals surface area contributed by atoms with E-state index in [1.54, 1.807) is 0 Å². The molecule has 3 nitrogen and oxygen atoms in total. The van der Waals surface area contributed by atoms with Crippen molar-refractivity contribution in [2.45, 2.75) is 18.8 Å². The number of hydrogen-bond acceptors (Lipinski definition) is 3. The summed E-state index contributed by atoms with van der Waals surface area (Å²) in [4.78, 5) is 11.4. The third-order valence-electron chi connectivity index (χ3n) is 3.11. The number of benzene rings is 1. The van der Waals surface area contributed by atoms with Gasteiger partial charge < -0.3 is 10.5 Å². The van der Waals surface area contributed by atoms with Crippen molar-refractivity contribution in [3.8, 4) is 0 Å². The Hall–Kier alpha value is -1.19. The number of ketones is 1. The fourth-order valence-electron chi connectivity index (χ4n) is 2.09. The number of hydrogen-bond donors (Lipinski definition) is 1. The quantitative estimate of drug-likeness (QED) is 0.787. The van der Waals surface area contributed by atoms with E-state index in [1.165, 1.54) is 5.56 Å². The molecule has 0 unspecified atom stereocenters. The lowest BCUT2D eigenvalue weighted by atomic mass is 9.91. The van der Waals surface area contributed by atoms with Crippen molar-refractivity contribution in [3.63, 3.8) is 0 Å². The summed E-state index contributed by atoms with van der Waals surface area (Å²) in [5, 5.41) is 0. The molecule has 0 spiro atoms. The van der Waals surface area contributed by atoms with E-state index < -0.39 is 0 Å². The zero-order valence-electron chi connectivity index (χ0n) is 9.32. The standard InChI is InChI=1S/C13H17NO2/c14-9-13(15)12-3-1-10(2-4-12)11-5-7-16-8-6-11/h1-4,11H,5-9,14H2. The van der Waals surface area contributed by atoms with E-state index in [0.717, 1.165) is 26.1 Å². The van der Waals surface area contributed by atoms with Gasteiger partial charge in [0, 0.05) is 18.8 Å². The van der Waals surface area contributed by atoms with Gasteiger partial charge in [-0.25, -0.2) is 0 Å². The average molecular weight is 219 g/mol. The van der Waals surface area contributed by atoms with Gasteiger partial charge in [0.25, 0.3) is 0 Å². The Kier molecular flexibility index (Phi) is 3.70. The molecule has 1 aliphatic rings. The van der Waals surface area contributed by atoms with Crippen molar-refractivity contribution in [1.29, 1.82) is 0 Å². The third kappa shape index (κ3) is 2.49. The van der Waals surface area contributed by atoms with Crippen LogP contribution in [0.4, 0.5) is 0 Å². The summed E-state index contributed by atoms with van der Waals surface area (Å²) in [6.07, 6.45) is 2.15. The molecule has 1 aliphatic heterocycles. The first kappa shape index (κ1) is 11.3. The van der Waals surface area contributed by atoms with Crippen molar-refractivity contribution in [2.75, 3.05) is 19.8 Å². The van der Waals surface area contributed by atoms with E-state index in [0.29, 0.717) is 11.5 Å². The van der Waals surface area contributed by atoms with Crippen LogP contribution in [-0.4, -0.2) is 25.5 Å². The van der Waals surface area contributed by atoms with Crippen LogP contribution in [0.25, 0.3) is 0 Å². The van der Waals surface area contributed by atoms with Gasteiger partial charge >= 0.3 is 0 Å². The minimum Gasteiger partial charge on any atom is -0.381 e. The maximum Gasteiger partial charge on any atom is 0.176 e. The molecule has 0 aliphatic carbocycles. The van der Waals surface area contributed by atoms with Gasteiger partial charge in [0.1, 0.15) is 0 Å². The molecule has 86 valence electrons. The molecule has 0 saturated carbocycles. The molecule has 1 aromatic carbocycles. The number of rotatable bonds is 3. The van der Waals surface area contributed by atoms with Gasteiger partial charge in [0.05, 0.1) is 6.54 Å². The Bertz CT molecular complexity index is 353. The molecule has 0 atom stereocenters. The van der Waals surface area contributed by atoms with Crippen LogP contribution in [0, 0.1) is 0 Å². The normalized spacial score (nSPS) is 17.3. The Morgan fingerprint density at radius 1 is 1.25 bits per heavy atom. The summed E-state index contributed by atoms with van der Waals surface area (Å²) in [5.74, 6) is 0.578. The van der Waals surface area contributed by atoms with Gasteiger partial charge in [0.2, 0.25) is 0 Å². The second kappa shape index (κ2) is 5.23. The van der Waals surface area contributed by atoms with Crippen LogP contribution in [0.3, 0.4) is 0 Å². The smallest absolute Gasteiger partial charge is 0.176 e. The lowest BCUT2D eigenvalue weighted by Gasteiger charge is -2.22. The summed E-state index contributed by atoms with van der Waals surface area (Å²) in [6, 6.07) is 7.83. The fraction of sp³-hybridized carbons (Fsp3) is 0.462. The van der Waals surface area contributed by atoms with Gasteiger partial charge in [-0.2, -0.15) is 0 Å². The van der Waals surface area contributed by atoms with E-state index >= 15 is 0 Å². The van der Waals surface area contributed by atoms with Crippen LogP contribution in [0.15, 0.2) is 24.3 Å². The first-order valence-electron chi connectivity index (χ1n) is 5.72. The van der Waals surface area contributed by atoms with E-state index in [-0.39, 0.29) is 12.3 Å². The molecule has 2 N–H and O–H groups in total. The highest BCUT2D eigenvalue weighted by molar-refractivity contribution is 5.97. The molecule has 3 heteroatoms. The molecule has 16 heavy (non-hydrogen) atoms. The zero-order chi connectivity index (χ0) is 11.4. The molecule has 1 heterocycles. The first-order chi connectivity index (χ1) is 7.81. The lowest BCUT2D eigenvalue weighted by molar-refractivity contribution is 0.0853. The van der Waals surface area contributed by atoms with Crippen molar-refractivity contribution >= 4 is 5.78 Å². The molecule has 1 aromatic rings. The third-order valence-corrected chi connectivity index (χ3v) is 3.11. The zero-order valence-corrected chi connectivity index (χ0v) is 9.32.